The predicted octanol–water partition coefficient (Wildman–Crippen LogP) is 2.03. The third-order valence-electron chi connectivity index (χ3n) is 3.87. The summed E-state index contributed by atoms with van der Waals surface area (Å²) in [6.45, 7) is 0.403. The minimum Gasteiger partial charge on any atom is -0.496 e. The van der Waals surface area contributed by atoms with Gasteiger partial charge in [-0.2, -0.15) is 0 Å². The van der Waals surface area contributed by atoms with Crippen molar-refractivity contribution in [1.29, 1.82) is 0 Å². The van der Waals surface area contributed by atoms with Gasteiger partial charge in [0.05, 0.1) is 10.7 Å². The Morgan fingerprint density at radius 2 is 1.70 bits per heavy atom. The molecule has 0 aromatic heterocycles. The van der Waals surface area contributed by atoms with Crippen LogP contribution in [0.15, 0.2) is 48.5 Å². The molecule has 10 heteroatoms. The molecule has 0 unspecified atom stereocenters. The van der Waals surface area contributed by atoms with Crippen molar-refractivity contribution in [1.82, 2.24) is 21.5 Å². The average Bonchev–Trinajstić information content (AvgIpc) is 2.75. The number of hydrogen-bond acceptors (Lipinski definition) is 5. The van der Waals surface area contributed by atoms with Crippen molar-refractivity contribution < 1.29 is 19.1 Å². The van der Waals surface area contributed by atoms with Crippen molar-refractivity contribution in [2.45, 2.75) is 19.4 Å². The van der Waals surface area contributed by atoms with Crippen LogP contribution in [0.5, 0.6) is 5.75 Å². The second kappa shape index (κ2) is 12.1. The quantitative estimate of drug-likeness (QED) is 0.243. The molecule has 0 heterocycles. The SMILES string of the molecule is COc1ccc(C(=O)NC(=S)NNC(=O)CCC(=O)NCc2ccccc2)cc1I. The van der Waals surface area contributed by atoms with Gasteiger partial charge in [0.25, 0.3) is 5.91 Å². The summed E-state index contributed by atoms with van der Waals surface area (Å²) in [6.07, 6.45) is 0.00457. The minimum atomic E-state index is -0.430. The lowest BCUT2D eigenvalue weighted by Gasteiger charge is -2.11. The molecule has 4 N–H and O–H groups in total. The number of benzene rings is 2. The van der Waals surface area contributed by atoms with Gasteiger partial charge in [-0.05, 0) is 58.6 Å². The summed E-state index contributed by atoms with van der Waals surface area (Å²) in [6, 6.07) is 14.4. The molecule has 0 spiro atoms. The summed E-state index contributed by atoms with van der Waals surface area (Å²) in [5, 5.41) is 5.14. The lowest BCUT2D eigenvalue weighted by Crippen LogP contribution is -2.48. The number of methoxy groups -OCH3 is 1. The predicted molar refractivity (Wildman–Crippen MR) is 125 cm³/mol. The summed E-state index contributed by atoms with van der Waals surface area (Å²) in [4.78, 5) is 35.9. The Kier molecular flexibility index (Phi) is 9.48. The smallest absolute Gasteiger partial charge is 0.257 e. The van der Waals surface area contributed by atoms with Gasteiger partial charge in [-0.3, -0.25) is 30.6 Å². The van der Waals surface area contributed by atoms with Crippen LogP contribution in [-0.4, -0.2) is 29.9 Å². The fraction of sp³-hybridized carbons (Fsp3) is 0.200. The Hall–Kier alpha value is -2.73. The first-order valence-corrected chi connectivity index (χ1v) is 10.4. The van der Waals surface area contributed by atoms with E-state index < -0.39 is 11.8 Å². The topological polar surface area (TPSA) is 109 Å². The van der Waals surface area contributed by atoms with Crippen molar-refractivity contribution in [3.8, 4) is 5.75 Å². The van der Waals surface area contributed by atoms with Gasteiger partial charge in [0.2, 0.25) is 11.8 Å². The maximum Gasteiger partial charge on any atom is 0.257 e. The molecule has 158 valence electrons. The van der Waals surface area contributed by atoms with Gasteiger partial charge in [0.15, 0.2) is 5.11 Å². The van der Waals surface area contributed by atoms with E-state index in [0.717, 1.165) is 9.13 Å². The Morgan fingerprint density at radius 1 is 1.00 bits per heavy atom. The molecular formula is C20H21IN4O4S. The first kappa shape index (κ1) is 23.5. The highest BCUT2D eigenvalue weighted by Crippen LogP contribution is 2.21. The second-order valence-electron chi connectivity index (χ2n) is 6.07. The number of hydrogen-bond donors (Lipinski definition) is 4. The maximum absolute atomic E-state index is 12.2. The van der Waals surface area contributed by atoms with Crippen molar-refractivity contribution in [3.05, 3.63) is 63.2 Å². The number of amides is 3. The molecule has 0 atom stereocenters. The highest BCUT2D eigenvalue weighted by Gasteiger charge is 2.11. The third kappa shape index (κ3) is 7.95. The standard InChI is InChI=1S/C20H21IN4O4S/c1-29-16-8-7-14(11-15(16)21)19(28)23-20(30)25-24-18(27)10-9-17(26)22-12-13-5-3-2-4-6-13/h2-8,11H,9-10,12H2,1H3,(H,22,26)(H,24,27)(H2,23,25,28,30). The van der Waals surface area contributed by atoms with Crippen LogP contribution in [0.25, 0.3) is 0 Å². The fourth-order valence-electron chi connectivity index (χ4n) is 2.32. The lowest BCUT2D eigenvalue weighted by atomic mass is 10.2. The molecule has 30 heavy (non-hydrogen) atoms. The third-order valence-corrected chi connectivity index (χ3v) is 4.92. The van der Waals surface area contributed by atoms with Crippen LogP contribution in [0.3, 0.4) is 0 Å². The molecule has 0 aliphatic heterocycles. The molecule has 2 aromatic rings. The number of thiocarbonyl (C=S) groups is 1. The van der Waals surface area contributed by atoms with Crippen LogP contribution >= 0.6 is 34.8 Å². The summed E-state index contributed by atoms with van der Waals surface area (Å²) >= 11 is 7.06. The monoisotopic (exact) mass is 540 g/mol. The van der Waals surface area contributed by atoms with Gasteiger partial charge in [0, 0.05) is 24.9 Å². The average molecular weight is 540 g/mol. The molecular weight excluding hydrogens is 519 g/mol. The number of carbonyl (C=O) groups is 3. The zero-order chi connectivity index (χ0) is 21.9. The normalized spacial score (nSPS) is 9.93. The zero-order valence-electron chi connectivity index (χ0n) is 16.2. The van der Waals surface area contributed by atoms with E-state index in [1.807, 2.05) is 30.3 Å². The van der Waals surface area contributed by atoms with Crippen LogP contribution in [0.2, 0.25) is 0 Å². The van der Waals surface area contributed by atoms with Gasteiger partial charge in [-0.15, -0.1) is 0 Å². The second-order valence-corrected chi connectivity index (χ2v) is 7.64. The largest absolute Gasteiger partial charge is 0.496 e. The number of hydrazine groups is 1. The molecule has 0 saturated carbocycles. The molecule has 0 aliphatic carbocycles. The Labute approximate surface area is 193 Å². The number of rotatable bonds is 7. The van der Waals surface area contributed by atoms with Gasteiger partial charge in [0.1, 0.15) is 5.75 Å². The van der Waals surface area contributed by atoms with Crippen LogP contribution < -0.4 is 26.2 Å². The van der Waals surface area contributed by atoms with Crippen LogP contribution in [0.4, 0.5) is 0 Å². The van der Waals surface area contributed by atoms with Crippen LogP contribution in [-0.2, 0) is 16.1 Å². The van der Waals surface area contributed by atoms with E-state index in [1.165, 1.54) is 0 Å². The summed E-state index contributed by atoms with van der Waals surface area (Å²) in [7, 11) is 1.55. The van der Waals surface area contributed by atoms with E-state index in [9.17, 15) is 14.4 Å². The van der Waals surface area contributed by atoms with Gasteiger partial charge >= 0.3 is 0 Å². The molecule has 0 aliphatic rings. The van der Waals surface area contributed by atoms with Crippen molar-refractivity contribution >= 4 is 57.6 Å². The number of halogens is 1. The van der Waals surface area contributed by atoms with Crippen molar-refractivity contribution in [2.75, 3.05) is 7.11 Å². The van der Waals surface area contributed by atoms with E-state index in [4.69, 9.17) is 17.0 Å². The summed E-state index contributed by atoms with van der Waals surface area (Å²) in [5.74, 6) is -0.435. The Morgan fingerprint density at radius 3 is 2.37 bits per heavy atom. The Bertz CT molecular complexity index is 924. The molecule has 2 rings (SSSR count). The summed E-state index contributed by atoms with van der Waals surface area (Å²) in [5.41, 5.74) is 6.17. The molecule has 0 radical (unpaired) electrons. The van der Waals surface area contributed by atoms with E-state index in [1.54, 1.807) is 25.3 Å². The molecule has 2 aromatic carbocycles. The molecule has 0 saturated heterocycles. The van der Waals surface area contributed by atoms with Crippen LogP contribution in [0.1, 0.15) is 28.8 Å². The molecule has 0 fully saturated rings. The fourth-order valence-corrected chi connectivity index (χ4v) is 3.19. The lowest BCUT2D eigenvalue weighted by molar-refractivity contribution is -0.126. The van der Waals surface area contributed by atoms with E-state index in [0.29, 0.717) is 17.9 Å². The van der Waals surface area contributed by atoms with Crippen LogP contribution in [0, 0.1) is 3.57 Å². The number of nitrogens with one attached hydrogen (secondary N) is 4. The maximum atomic E-state index is 12.2. The number of ether oxygens (including phenoxy) is 1. The van der Waals surface area contributed by atoms with Gasteiger partial charge in [-0.1, -0.05) is 30.3 Å². The highest BCUT2D eigenvalue weighted by atomic mass is 127. The van der Waals surface area contributed by atoms with E-state index in [-0.39, 0.29) is 23.9 Å². The van der Waals surface area contributed by atoms with Gasteiger partial charge in [-0.25, -0.2) is 0 Å². The van der Waals surface area contributed by atoms with E-state index >= 15 is 0 Å². The number of carbonyl (C=O) groups excluding carboxylic acids is 3. The first-order valence-electron chi connectivity index (χ1n) is 8.93. The first-order chi connectivity index (χ1) is 14.4. The summed E-state index contributed by atoms with van der Waals surface area (Å²) < 4.78 is 5.93. The minimum absolute atomic E-state index is 0.0269. The molecule has 0 bridgehead atoms. The molecule has 3 amide bonds. The highest BCUT2D eigenvalue weighted by molar-refractivity contribution is 14.1. The molecule has 8 nitrogen and oxygen atoms in total. The van der Waals surface area contributed by atoms with E-state index in [2.05, 4.69) is 44.1 Å². The Balaban J connectivity index is 1.67. The van der Waals surface area contributed by atoms with Crippen molar-refractivity contribution in [2.24, 2.45) is 0 Å². The van der Waals surface area contributed by atoms with Gasteiger partial charge < -0.3 is 10.1 Å². The van der Waals surface area contributed by atoms with Crippen molar-refractivity contribution in [3.63, 3.8) is 0 Å². The zero-order valence-corrected chi connectivity index (χ0v) is 19.1.